The third kappa shape index (κ3) is 2.92. The first-order valence-corrected chi connectivity index (χ1v) is 9.76. The van der Waals surface area contributed by atoms with Crippen molar-refractivity contribution < 1.29 is 13.2 Å². The molecule has 0 atom stereocenters. The van der Waals surface area contributed by atoms with E-state index in [0.29, 0.717) is 11.4 Å². The van der Waals surface area contributed by atoms with E-state index < -0.39 is 10.0 Å². The second kappa shape index (κ2) is 5.82. The fourth-order valence-corrected chi connectivity index (χ4v) is 5.04. The number of rotatable bonds is 3. The molecule has 1 N–H and O–H groups in total. The van der Waals surface area contributed by atoms with Gasteiger partial charge in [0.05, 0.1) is 22.7 Å². The van der Waals surface area contributed by atoms with Crippen molar-refractivity contribution in [3.8, 4) is 0 Å². The van der Waals surface area contributed by atoms with Gasteiger partial charge in [-0.2, -0.15) is 5.10 Å². The Balaban J connectivity index is 1.80. The van der Waals surface area contributed by atoms with Crippen LogP contribution in [0.3, 0.4) is 0 Å². The number of thiophene rings is 2. The molecule has 3 heterocycles. The standard InChI is InChI=1S/C13H13N3O3S3/c1-16-11-4-6-21-13(11)10(8-22(16,18)19)14-15-12(17)7-9-3-2-5-20-9/h2-6H,7-8H2,1H3,(H,15,17)/b14-10-. The van der Waals surface area contributed by atoms with Crippen LogP contribution in [0.2, 0.25) is 0 Å². The highest BCUT2D eigenvalue weighted by molar-refractivity contribution is 7.93. The van der Waals surface area contributed by atoms with Gasteiger partial charge in [0.1, 0.15) is 5.75 Å². The maximum atomic E-state index is 12.1. The number of carbonyl (C=O) groups excluding carboxylic acids is 1. The molecule has 0 spiro atoms. The second-order valence-electron chi connectivity index (χ2n) is 4.71. The Bertz CT molecular complexity index is 822. The molecule has 9 heteroatoms. The molecule has 1 amide bonds. The van der Waals surface area contributed by atoms with Gasteiger partial charge in [-0.1, -0.05) is 6.07 Å². The first-order chi connectivity index (χ1) is 10.5. The molecular formula is C13H13N3O3S3. The van der Waals surface area contributed by atoms with Crippen LogP contribution in [-0.2, 0) is 21.2 Å². The molecule has 1 aliphatic rings. The summed E-state index contributed by atoms with van der Waals surface area (Å²) in [4.78, 5) is 13.6. The zero-order valence-corrected chi connectivity index (χ0v) is 14.1. The van der Waals surface area contributed by atoms with Gasteiger partial charge in [0.15, 0.2) is 0 Å². The van der Waals surface area contributed by atoms with Crippen molar-refractivity contribution in [1.29, 1.82) is 0 Å². The normalized spacial score (nSPS) is 18.2. The molecule has 0 saturated carbocycles. The largest absolute Gasteiger partial charge is 0.273 e. The number of carbonyl (C=O) groups is 1. The molecule has 2 aromatic heterocycles. The molecule has 22 heavy (non-hydrogen) atoms. The molecule has 0 aliphatic carbocycles. The molecule has 0 aromatic carbocycles. The fourth-order valence-electron chi connectivity index (χ4n) is 2.08. The predicted octanol–water partition coefficient (Wildman–Crippen LogP) is 1.65. The smallest absolute Gasteiger partial charge is 0.245 e. The summed E-state index contributed by atoms with van der Waals surface area (Å²) < 4.78 is 25.4. The van der Waals surface area contributed by atoms with E-state index in [-0.39, 0.29) is 18.1 Å². The summed E-state index contributed by atoms with van der Waals surface area (Å²) in [5.41, 5.74) is 3.43. The number of nitrogens with zero attached hydrogens (tertiary/aromatic N) is 2. The minimum atomic E-state index is -3.43. The van der Waals surface area contributed by atoms with Crippen molar-refractivity contribution in [2.24, 2.45) is 5.10 Å². The molecule has 0 bridgehead atoms. The summed E-state index contributed by atoms with van der Waals surface area (Å²) >= 11 is 2.90. The molecule has 0 radical (unpaired) electrons. The highest BCUT2D eigenvalue weighted by atomic mass is 32.2. The van der Waals surface area contributed by atoms with Crippen LogP contribution >= 0.6 is 22.7 Å². The number of amides is 1. The van der Waals surface area contributed by atoms with Crippen LogP contribution in [0.25, 0.3) is 0 Å². The zero-order valence-electron chi connectivity index (χ0n) is 11.6. The maximum absolute atomic E-state index is 12.1. The van der Waals surface area contributed by atoms with Gasteiger partial charge in [-0.25, -0.2) is 13.8 Å². The molecule has 0 unspecified atom stereocenters. The van der Waals surface area contributed by atoms with E-state index in [2.05, 4.69) is 10.5 Å². The predicted molar refractivity (Wildman–Crippen MR) is 89.2 cm³/mol. The minimum absolute atomic E-state index is 0.212. The number of hydrogen-bond acceptors (Lipinski definition) is 6. The van der Waals surface area contributed by atoms with Crippen LogP contribution in [-0.4, -0.2) is 32.8 Å². The Morgan fingerprint density at radius 1 is 1.36 bits per heavy atom. The monoisotopic (exact) mass is 355 g/mol. The van der Waals surface area contributed by atoms with Gasteiger partial charge in [0.25, 0.3) is 0 Å². The van der Waals surface area contributed by atoms with Crippen LogP contribution < -0.4 is 9.73 Å². The average Bonchev–Trinajstić information content (AvgIpc) is 3.12. The average molecular weight is 355 g/mol. The van der Waals surface area contributed by atoms with E-state index in [1.807, 2.05) is 22.9 Å². The number of hydrazone groups is 1. The third-order valence-corrected chi connectivity index (χ3v) is 6.71. The van der Waals surface area contributed by atoms with Gasteiger partial charge in [-0.3, -0.25) is 9.10 Å². The summed E-state index contributed by atoms with van der Waals surface area (Å²) in [5.74, 6) is -0.472. The first kappa shape index (κ1) is 15.2. The number of fused-ring (bicyclic) bond motifs is 1. The van der Waals surface area contributed by atoms with Crippen LogP contribution in [0.4, 0.5) is 5.69 Å². The Labute approximate surface area is 136 Å². The first-order valence-electron chi connectivity index (χ1n) is 6.39. The summed E-state index contributed by atoms with van der Waals surface area (Å²) in [6, 6.07) is 5.48. The third-order valence-electron chi connectivity index (χ3n) is 3.21. The van der Waals surface area contributed by atoms with Crippen molar-refractivity contribution in [2.75, 3.05) is 17.1 Å². The lowest BCUT2D eigenvalue weighted by Gasteiger charge is -2.25. The highest BCUT2D eigenvalue weighted by Gasteiger charge is 2.32. The van der Waals surface area contributed by atoms with Gasteiger partial charge in [-0.05, 0) is 22.9 Å². The molecule has 1 aliphatic heterocycles. The molecule has 0 fully saturated rings. The summed E-state index contributed by atoms with van der Waals surface area (Å²) in [6.07, 6.45) is 0.235. The number of hydrogen-bond donors (Lipinski definition) is 1. The molecule has 0 saturated heterocycles. The quantitative estimate of drug-likeness (QED) is 0.851. The number of anilines is 1. The second-order valence-corrected chi connectivity index (χ2v) is 8.66. The summed E-state index contributed by atoms with van der Waals surface area (Å²) in [5, 5.41) is 7.74. The molecular weight excluding hydrogens is 342 g/mol. The molecule has 2 aromatic rings. The molecule has 116 valence electrons. The lowest BCUT2D eigenvalue weighted by molar-refractivity contribution is -0.120. The van der Waals surface area contributed by atoms with E-state index in [4.69, 9.17) is 0 Å². The minimum Gasteiger partial charge on any atom is -0.273 e. The van der Waals surface area contributed by atoms with Crippen molar-refractivity contribution >= 4 is 50.0 Å². The number of nitrogens with one attached hydrogen (secondary N) is 1. The van der Waals surface area contributed by atoms with Crippen molar-refractivity contribution in [2.45, 2.75) is 6.42 Å². The maximum Gasteiger partial charge on any atom is 0.245 e. The van der Waals surface area contributed by atoms with Crippen LogP contribution in [0, 0.1) is 0 Å². The van der Waals surface area contributed by atoms with Gasteiger partial charge in [0.2, 0.25) is 15.9 Å². The van der Waals surface area contributed by atoms with Crippen LogP contribution in [0.5, 0.6) is 0 Å². The Morgan fingerprint density at radius 3 is 2.91 bits per heavy atom. The van der Waals surface area contributed by atoms with Crippen molar-refractivity contribution in [3.63, 3.8) is 0 Å². The SMILES string of the molecule is CN1c2ccsc2/C(=N\NC(=O)Cc2cccs2)CS1(=O)=O. The van der Waals surface area contributed by atoms with Gasteiger partial charge in [0, 0.05) is 11.9 Å². The lowest BCUT2D eigenvalue weighted by atomic mass is 10.3. The van der Waals surface area contributed by atoms with Crippen molar-refractivity contribution in [1.82, 2.24) is 5.43 Å². The van der Waals surface area contributed by atoms with Crippen LogP contribution in [0.1, 0.15) is 9.75 Å². The topological polar surface area (TPSA) is 78.8 Å². The van der Waals surface area contributed by atoms with E-state index >= 15 is 0 Å². The van der Waals surface area contributed by atoms with Crippen molar-refractivity contribution in [3.05, 3.63) is 38.7 Å². The Kier molecular flexibility index (Phi) is 4.02. The van der Waals surface area contributed by atoms with E-state index in [1.54, 1.807) is 6.07 Å². The zero-order chi connectivity index (χ0) is 15.7. The van der Waals surface area contributed by atoms with Crippen LogP contribution in [0.15, 0.2) is 34.1 Å². The highest BCUT2D eigenvalue weighted by Crippen LogP contribution is 2.32. The van der Waals surface area contributed by atoms with Gasteiger partial charge in [-0.15, -0.1) is 22.7 Å². The molecule has 3 rings (SSSR count). The van der Waals surface area contributed by atoms with E-state index in [0.717, 1.165) is 9.75 Å². The molecule has 6 nitrogen and oxygen atoms in total. The summed E-state index contributed by atoms with van der Waals surface area (Å²) in [7, 11) is -1.91. The fraction of sp³-hybridized carbons (Fsp3) is 0.231. The number of sulfonamides is 1. The lowest BCUT2D eigenvalue weighted by Crippen LogP contribution is -2.38. The van der Waals surface area contributed by atoms with Gasteiger partial charge >= 0.3 is 0 Å². The van der Waals surface area contributed by atoms with Gasteiger partial charge < -0.3 is 0 Å². The van der Waals surface area contributed by atoms with E-state index in [1.165, 1.54) is 34.0 Å². The van der Waals surface area contributed by atoms with E-state index in [9.17, 15) is 13.2 Å². The Hall–Kier alpha value is -1.71. The summed E-state index contributed by atoms with van der Waals surface area (Å²) in [6.45, 7) is 0. The Morgan fingerprint density at radius 2 is 2.18 bits per heavy atom.